The second-order valence-electron chi connectivity index (χ2n) is 6.48. The van der Waals surface area contributed by atoms with Crippen molar-refractivity contribution < 1.29 is 4.92 Å². The van der Waals surface area contributed by atoms with Gasteiger partial charge in [-0.05, 0) is 42.5 Å². The molecule has 0 amide bonds. The van der Waals surface area contributed by atoms with E-state index in [1.54, 1.807) is 6.07 Å². The molecule has 2 aliphatic rings. The molecule has 2 aromatic rings. The van der Waals surface area contributed by atoms with Crippen molar-refractivity contribution in [1.82, 2.24) is 0 Å². The van der Waals surface area contributed by atoms with Crippen LogP contribution in [0.5, 0.6) is 0 Å². The number of aryl methyl sites for hydroxylation is 1. The molecular formula is C19H17BrN2O2. The topological polar surface area (TPSA) is 55.2 Å². The predicted molar refractivity (Wildman–Crippen MR) is 98.3 cm³/mol. The predicted octanol–water partition coefficient (Wildman–Crippen LogP) is 5.49. The van der Waals surface area contributed by atoms with Gasteiger partial charge in [0.1, 0.15) is 0 Å². The van der Waals surface area contributed by atoms with Crippen molar-refractivity contribution in [3.05, 3.63) is 79.8 Å². The summed E-state index contributed by atoms with van der Waals surface area (Å²) >= 11 is 3.55. The normalized spacial score (nSPS) is 24.2. The molecule has 1 aliphatic carbocycles. The molecule has 1 N–H and O–H groups in total. The standard InChI is InChI=1S/C19H17BrN2O2/c1-11-8-9-16(22(23)24)17-14-6-3-7-15(14)19(21-18(11)17)12-4-2-5-13(20)10-12/h2-6,8-10,14-15,19,21H,7H2,1H3/t14-,15-,19+/m0/s1. The van der Waals surface area contributed by atoms with E-state index in [4.69, 9.17) is 0 Å². The number of allylic oxidation sites excluding steroid dienone is 2. The molecule has 0 fully saturated rings. The van der Waals surface area contributed by atoms with Gasteiger partial charge in [0.2, 0.25) is 0 Å². The summed E-state index contributed by atoms with van der Waals surface area (Å²) in [6, 6.07) is 11.9. The number of anilines is 1. The quantitative estimate of drug-likeness (QED) is 0.422. The van der Waals surface area contributed by atoms with E-state index in [1.165, 1.54) is 5.56 Å². The Morgan fingerprint density at radius 2 is 2.12 bits per heavy atom. The second-order valence-corrected chi connectivity index (χ2v) is 7.39. The first-order chi connectivity index (χ1) is 11.6. The number of hydrogen-bond acceptors (Lipinski definition) is 3. The molecule has 2 aromatic carbocycles. The van der Waals surface area contributed by atoms with Crippen molar-refractivity contribution in [3.8, 4) is 0 Å². The lowest BCUT2D eigenvalue weighted by Crippen LogP contribution is -2.30. The first-order valence-corrected chi connectivity index (χ1v) is 8.82. The smallest absolute Gasteiger partial charge is 0.275 e. The zero-order chi connectivity index (χ0) is 16.8. The minimum Gasteiger partial charge on any atom is -0.377 e. The van der Waals surface area contributed by atoms with Crippen LogP contribution < -0.4 is 5.32 Å². The van der Waals surface area contributed by atoms with Crippen molar-refractivity contribution in [2.24, 2.45) is 5.92 Å². The zero-order valence-corrected chi connectivity index (χ0v) is 14.8. The van der Waals surface area contributed by atoms with Gasteiger partial charge in [-0.15, -0.1) is 0 Å². The third-order valence-electron chi connectivity index (χ3n) is 5.11. The van der Waals surface area contributed by atoms with Gasteiger partial charge < -0.3 is 5.32 Å². The van der Waals surface area contributed by atoms with E-state index >= 15 is 0 Å². The average molecular weight is 385 g/mol. The molecule has 0 unspecified atom stereocenters. The van der Waals surface area contributed by atoms with Crippen LogP contribution in [0, 0.1) is 23.0 Å². The van der Waals surface area contributed by atoms with Gasteiger partial charge in [-0.25, -0.2) is 0 Å². The van der Waals surface area contributed by atoms with Gasteiger partial charge >= 0.3 is 0 Å². The molecule has 0 bridgehead atoms. The van der Waals surface area contributed by atoms with Crippen LogP contribution in [-0.2, 0) is 0 Å². The molecule has 0 spiro atoms. The van der Waals surface area contributed by atoms with Gasteiger partial charge in [0, 0.05) is 22.1 Å². The molecule has 122 valence electrons. The first kappa shape index (κ1) is 15.4. The van der Waals surface area contributed by atoms with Crippen molar-refractivity contribution in [2.45, 2.75) is 25.3 Å². The number of nitrogens with one attached hydrogen (secondary N) is 1. The first-order valence-electron chi connectivity index (χ1n) is 8.03. The largest absolute Gasteiger partial charge is 0.377 e. The molecule has 0 saturated heterocycles. The van der Waals surface area contributed by atoms with Gasteiger partial charge in [-0.2, -0.15) is 0 Å². The molecule has 0 radical (unpaired) electrons. The highest BCUT2D eigenvalue weighted by Crippen LogP contribution is 2.53. The number of benzene rings is 2. The van der Waals surface area contributed by atoms with E-state index in [1.807, 2.05) is 25.1 Å². The van der Waals surface area contributed by atoms with Crippen LogP contribution >= 0.6 is 15.9 Å². The Kier molecular flexibility index (Phi) is 3.68. The Morgan fingerprint density at radius 3 is 2.88 bits per heavy atom. The number of nitro benzene ring substituents is 1. The Bertz CT molecular complexity index is 862. The van der Waals surface area contributed by atoms with Gasteiger partial charge in [0.15, 0.2) is 0 Å². The van der Waals surface area contributed by atoms with E-state index < -0.39 is 0 Å². The summed E-state index contributed by atoms with van der Waals surface area (Å²) in [5, 5.41) is 15.1. The lowest BCUT2D eigenvalue weighted by atomic mass is 9.76. The SMILES string of the molecule is Cc1ccc([N+](=O)[O-])c2c1N[C@H](c1cccc(Br)c1)[C@H]1CC=C[C@H]21. The Balaban J connectivity index is 1.88. The molecule has 4 rings (SSSR count). The monoisotopic (exact) mass is 384 g/mol. The number of fused-ring (bicyclic) bond motifs is 3. The maximum atomic E-state index is 11.5. The zero-order valence-electron chi connectivity index (χ0n) is 13.2. The van der Waals surface area contributed by atoms with Gasteiger partial charge in [0.05, 0.1) is 16.5 Å². The summed E-state index contributed by atoms with van der Waals surface area (Å²) in [6.07, 6.45) is 5.23. The van der Waals surface area contributed by atoms with Gasteiger partial charge in [-0.3, -0.25) is 10.1 Å². The minimum atomic E-state index is -0.261. The number of rotatable bonds is 2. The van der Waals surface area contributed by atoms with Crippen LogP contribution in [-0.4, -0.2) is 4.92 Å². The molecule has 0 aromatic heterocycles. The maximum Gasteiger partial charge on any atom is 0.275 e. The molecule has 3 atom stereocenters. The van der Waals surface area contributed by atoms with Crippen LogP contribution in [0.25, 0.3) is 0 Å². The van der Waals surface area contributed by atoms with Crippen molar-refractivity contribution in [2.75, 3.05) is 5.32 Å². The summed E-state index contributed by atoms with van der Waals surface area (Å²) in [5.41, 5.74) is 4.23. The second kappa shape index (κ2) is 5.74. The summed E-state index contributed by atoms with van der Waals surface area (Å²) in [6.45, 7) is 2.01. The number of nitro groups is 1. The molecule has 4 nitrogen and oxygen atoms in total. The molecule has 24 heavy (non-hydrogen) atoms. The maximum absolute atomic E-state index is 11.5. The number of halogens is 1. The fourth-order valence-corrected chi connectivity index (χ4v) is 4.44. The van der Waals surface area contributed by atoms with Crippen molar-refractivity contribution in [3.63, 3.8) is 0 Å². The van der Waals surface area contributed by atoms with E-state index in [2.05, 4.69) is 45.5 Å². The minimum absolute atomic E-state index is 0.0885. The lowest BCUT2D eigenvalue weighted by Gasteiger charge is -2.38. The molecule has 0 saturated carbocycles. The third-order valence-corrected chi connectivity index (χ3v) is 5.60. The molecule has 1 aliphatic heterocycles. The van der Waals surface area contributed by atoms with E-state index in [-0.39, 0.29) is 22.6 Å². The summed E-state index contributed by atoms with van der Waals surface area (Å²) in [7, 11) is 0. The number of hydrogen-bond donors (Lipinski definition) is 1. The summed E-state index contributed by atoms with van der Waals surface area (Å²) < 4.78 is 1.05. The van der Waals surface area contributed by atoms with Crippen LogP contribution in [0.1, 0.15) is 35.1 Å². The summed E-state index contributed by atoms with van der Waals surface area (Å²) in [4.78, 5) is 11.3. The Hall–Kier alpha value is -2.14. The highest BCUT2D eigenvalue weighted by molar-refractivity contribution is 9.10. The fraction of sp³-hybridized carbons (Fsp3) is 0.263. The molecule has 1 heterocycles. The Labute approximate surface area is 148 Å². The van der Waals surface area contributed by atoms with Gasteiger partial charge in [0.25, 0.3) is 5.69 Å². The molecular weight excluding hydrogens is 368 g/mol. The van der Waals surface area contributed by atoms with Crippen molar-refractivity contribution in [1.29, 1.82) is 0 Å². The highest BCUT2D eigenvalue weighted by Gasteiger charge is 2.42. The lowest BCUT2D eigenvalue weighted by molar-refractivity contribution is -0.385. The van der Waals surface area contributed by atoms with Crippen molar-refractivity contribution >= 4 is 27.3 Å². The van der Waals surface area contributed by atoms with Crippen LogP contribution in [0.4, 0.5) is 11.4 Å². The average Bonchev–Trinajstić information content (AvgIpc) is 3.04. The molecule has 5 heteroatoms. The fourth-order valence-electron chi connectivity index (χ4n) is 4.02. The van der Waals surface area contributed by atoms with Gasteiger partial charge in [-0.1, -0.05) is 46.3 Å². The summed E-state index contributed by atoms with van der Waals surface area (Å²) in [5.74, 6) is 0.387. The van der Waals surface area contributed by atoms with E-state index in [9.17, 15) is 10.1 Å². The van der Waals surface area contributed by atoms with E-state index in [0.29, 0.717) is 5.92 Å². The van der Waals surface area contributed by atoms with Crippen LogP contribution in [0.15, 0.2) is 53.0 Å². The van der Waals surface area contributed by atoms with E-state index in [0.717, 1.165) is 27.7 Å². The Morgan fingerprint density at radius 1 is 1.29 bits per heavy atom. The highest BCUT2D eigenvalue weighted by atomic mass is 79.9. The van der Waals surface area contributed by atoms with Crippen LogP contribution in [0.3, 0.4) is 0 Å². The van der Waals surface area contributed by atoms with Crippen LogP contribution in [0.2, 0.25) is 0 Å². The number of nitrogens with zero attached hydrogens (tertiary/aromatic N) is 1. The third kappa shape index (κ3) is 2.35.